The molecule has 0 rings (SSSR count). The highest BCUT2D eigenvalue weighted by Crippen LogP contribution is 1.96. The molecule has 3 nitrogen and oxygen atoms in total. The Morgan fingerprint density at radius 1 is 1.56 bits per heavy atom. The highest BCUT2D eigenvalue weighted by molar-refractivity contribution is 5.66. The molecule has 0 aliphatic rings. The summed E-state index contributed by atoms with van der Waals surface area (Å²) in [5.74, 6) is -0.358. The van der Waals surface area contributed by atoms with Crippen molar-refractivity contribution in [3.8, 4) is 0 Å². The van der Waals surface area contributed by atoms with Gasteiger partial charge in [0.05, 0.1) is 6.10 Å². The number of esters is 1. The van der Waals surface area contributed by atoms with E-state index in [1.807, 2.05) is 0 Å². The Bertz CT molecular complexity index is 98.5. The SMILES string of the molecule is CC(=O)O[C@@H](C)C(C)O. The Hall–Kier alpha value is -0.570. The number of aliphatic hydroxyl groups excluding tert-OH is 1. The van der Waals surface area contributed by atoms with Crippen LogP contribution in [-0.2, 0) is 9.53 Å². The van der Waals surface area contributed by atoms with Crippen LogP contribution in [0.3, 0.4) is 0 Å². The first-order valence-corrected chi connectivity index (χ1v) is 2.89. The summed E-state index contributed by atoms with van der Waals surface area (Å²) in [6.07, 6.45) is -0.989. The van der Waals surface area contributed by atoms with Gasteiger partial charge < -0.3 is 9.84 Å². The predicted molar refractivity (Wildman–Crippen MR) is 32.9 cm³/mol. The third-order valence-corrected chi connectivity index (χ3v) is 1.03. The van der Waals surface area contributed by atoms with Gasteiger partial charge in [-0.1, -0.05) is 0 Å². The normalized spacial score (nSPS) is 16.4. The van der Waals surface area contributed by atoms with Crippen molar-refractivity contribution < 1.29 is 14.6 Å². The lowest BCUT2D eigenvalue weighted by molar-refractivity contribution is -0.150. The Morgan fingerprint density at radius 2 is 2.00 bits per heavy atom. The quantitative estimate of drug-likeness (QED) is 0.550. The molecule has 9 heavy (non-hydrogen) atoms. The number of hydrogen-bond donors (Lipinski definition) is 1. The van der Waals surface area contributed by atoms with Crippen molar-refractivity contribution in [2.24, 2.45) is 0 Å². The third kappa shape index (κ3) is 3.97. The third-order valence-electron chi connectivity index (χ3n) is 1.03. The highest BCUT2D eigenvalue weighted by Gasteiger charge is 2.10. The summed E-state index contributed by atoms with van der Waals surface area (Å²) in [7, 11) is 0. The topological polar surface area (TPSA) is 46.5 Å². The van der Waals surface area contributed by atoms with E-state index >= 15 is 0 Å². The summed E-state index contributed by atoms with van der Waals surface area (Å²) in [6.45, 7) is 4.54. The predicted octanol–water partition coefficient (Wildman–Crippen LogP) is 0.319. The Kier molecular flexibility index (Phi) is 3.24. The minimum absolute atomic E-state index is 0.358. The summed E-state index contributed by atoms with van der Waals surface area (Å²) in [5, 5.41) is 8.79. The second kappa shape index (κ2) is 3.45. The fraction of sp³-hybridized carbons (Fsp3) is 0.833. The molecule has 1 unspecified atom stereocenters. The van der Waals surface area contributed by atoms with Crippen LogP contribution in [0.25, 0.3) is 0 Å². The maximum atomic E-state index is 10.2. The Morgan fingerprint density at radius 3 is 2.11 bits per heavy atom. The van der Waals surface area contributed by atoms with Crippen LogP contribution in [0, 0.1) is 0 Å². The van der Waals surface area contributed by atoms with Crippen LogP contribution >= 0.6 is 0 Å². The van der Waals surface area contributed by atoms with Gasteiger partial charge in [0.15, 0.2) is 0 Å². The number of rotatable bonds is 2. The fourth-order valence-electron chi connectivity index (χ4n) is 0.360. The molecule has 0 aromatic carbocycles. The monoisotopic (exact) mass is 132 g/mol. The van der Waals surface area contributed by atoms with Gasteiger partial charge in [-0.15, -0.1) is 0 Å². The molecule has 2 atom stereocenters. The molecule has 1 N–H and O–H groups in total. The van der Waals surface area contributed by atoms with E-state index in [0.717, 1.165) is 0 Å². The molecule has 0 saturated carbocycles. The molecule has 0 radical (unpaired) electrons. The van der Waals surface area contributed by atoms with Gasteiger partial charge in [-0.25, -0.2) is 0 Å². The first-order valence-electron chi connectivity index (χ1n) is 2.89. The number of aliphatic hydroxyl groups is 1. The standard InChI is InChI=1S/C6H12O3/c1-4(7)5(2)9-6(3)8/h4-5,7H,1-3H3/t4?,5-/m0/s1. The van der Waals surface area contributed by atoms with Crippen LogP contribution in [0.1, 0.15) is 20.8 Å². The van der Waals surface area contributed by atoms with Crippen LogP contribution in [0.2, 0.25) is 0 Å². The van der Waals surface area contributed by atoms with Gasteiger partial charge >= 0.3 is 5.97 Å². The fourth-order valence-corrected chi connectivity index (χ4v) is 0.360. The van der Waals surface area contributed by atoms with Crippen molar-refractivity contribution in [1.82, 2.24) is 0 Å². The summed E-state index contributed by atoms with van der Waals surface area (Å²) in [4.78, 5) is 10.2. The van der Waals surface area contributed by atoms with Crippen LogP contribution in [0.15, 0.2) is 0 Å². The maximum absolute atomic E-state index is 10.2. The van der Waals surface area contributed by atoms with E-state index in [4.69, 9.17) is 5.11 Å². The van der Waals surface area contributed by atoms with Crippen molar-refractivity contribution in [2.75, 3.05) is 0 Å². The molecule has 0 aromatic heterocycles. The average Bonchev–Trinajstić information content (AvgIpc) is 1.63. The average molecular weight is 132 g/mol. The van der Waals surface area contributed by atoms with Crippen molar-refractivity contribution in [3.05, 3.63) is 0 Å². The van der Waals surface area contributed by atoms with E-state index in [1.165, 1.54) is 6.92 Å². The Balaban J connectivity index is 3.50. The number of hydrogen-bond acceptors (Lipinski definition) is 3. The molecule has 0 saturated heterocycles. The second-order valence-corrected chi connectivity index (χ2v) is 2.06. The van der Waals surface area contributed by atoms with Crippen LogP contribution in [0.5, 0.6) is 0 Å². The smallest absolute Gasteiger partial charge is 0.302 e. The van der Waals surface area contributed by atoms with Crippen molar-refractivity contribution in [1.29, 1.82) is 0 Å². The van der Waals surface area contributed by atoms with E-state index < -0.39 is 12.2 Å². The summed E-state index contributed by atoms with van der Waals surface area (Å²) in [6, 6.07) is 0. The van der Waals surface area contributed by atoms with E-state index in [0.29, 0.717) is 0 Å². The molecular weight excluding hydrogens is 120 g/mol. The summed E-state index contributed by atoms with van der Waals surface area (Å²) < 4.78 is 4.62. The van der Waals surface area contributed by atoms with Gasteiger partial charge in [-0.2, -0.15) is 0 Å². The first kappa shape index (κ1) is 8.43. The molecule has 0 heterocycles. The van der Waals surface area contributed by atoms with E-state index in [-0.39, 0.29) is 5.97 Å². The van der Waals surface area contributed by atoms with E-state index in [1.54, 1.807) is 13.8 Å². The lowest BCUT2D eigenvalue weighted by Gasteiger charge is -2.13. The molecule has 0 aliphatic carbocycles. The second-order valence-electron chi connectivity index (χ2n) is 2.06. The van der Waals surface area contributed by atoms with E-state index in [9.17, 15) is 4.79 Å². The van der Waals surface area contributed by atoms with Gasteiger partial charge in [-0.05, 0) is 13.8 Å². The minimum Gasteiger partial charge on any atom is -0.460 e. The van der Waals surface area contributed by atoms with Crippen LogP contribution in [0.4, 0.5) is 0 Å². The zero-order valence-corrected chi connectivity index (χ0v) is 5.92. The zero-order chi connectivity index (χ0) is 7.44. The molecule has 3 heteroatoms. The van der Waals surface area contributed by atoms with E-state index in [2.05, 4.69) is 4.74 Å². The van der Waals surface area contributed by atoms with Crippen molar-refractivity contribution >= 4 is 5.97 Å². The first-order chi connectivity index (χ1) is 4.04. The van der Waals surface area contributed by atoms with Gasteiger partial charge in [0.1, 0.15) is 6.10 Å². The summed E-state index contributed by atoms with van der Waals surface area (Å²) in [5.41, 5.74) is 0. The highest BCUT2D eigenvalue weighted by atomic mass is 16.6. The largest absolute Gasteiger partial charge is 0.460 e. The molecule has 0 fully saturated rings. The van der Waals surface area contributed by atoms with Crippen molar-refractivity contribution in [3.63, 3.8) is 0 Å². The minimum atomic E-state index is -0.589. The van der Waals surface area contributed by atoms with Gasteiger partial charge in [0.2, 0.25) is 0 Å². The zero-order valence-electron chi connectivity index (χ0n) is 5.92. The lowest BCUT2D eigenvalue weighted by atomic mass is 10.3. The molecular formula is C6H12O3. The maximum Gasteiger partial charge on any atom is 0.302 e. The molecule has 0 spiro atoms. The summed E-state index contributed by atoms with van der Waals surface area (Å²) >= 11 is 0. The number of carbonyl (C=O) groups excluding carboxylic acids is 1. The van der Waals surface area contributed by atoms with Gasteiger partial charge in [0.25, 0.3) is 0 Å². The molecule has 54 valence electrons. The van der Waals surface area contributed by atoms with Crippen LogP contribution < -0.4 is 0 Å². The number of ether oxygens (including phenoxy) is 1. The molecule has 0 aliphatic heterocycles. The lowest BCUT2D eigenvalue weighted by Crippen LogP contribution is -2.24. The molecule has 0 bridgehead atoms. The van der Waals surface area contributed by atoms with Gasteiger partial charge in [0, 0.05) is 6.92 Å². The van der Waals surface area contributed by atoms with Gasteiger partial charge in [-0.3, -0.25) is 4.79 Å². The number of carbonyl (C=O) groups is 1. The Labute approximate surface area is 54.6 Å². The molecule has 0 aromatic rings. The van der Waals surface area contributed by atoms with Crippen LogP contribution in [-0.4, -0.2) is 23.3 Å². The van der Waals surface area contributed by atoms with Crippen molar-refractivity contribution in [2.45, 2.75) is 33.0 Å². The molecule has 0 amide bonds.